The molecular weight excluding hydrogens is 504 g/mol. The number of aromatic nitrogens is 2. The number of rotatable bonds is 6. The molecule has 0 bridgehead atoms. The van der Waals surface area contributed by atoms with Gasteiger partial charge in [0, 0.05) is 22.2 Å². The van der Waals surface area contributed by atoms with Gasteiger partial charge in [-0.2, -0.15) is 5.10 Å². The smallest absolute Gasteiger partial charge is 0.240 e. The summed E-state index contributed by atoms with van der Waals surface area (Å²) in [5.41, 5.74) is 4.30. The van der Waals surface area contributed by atoms with Crippen molar-refractivity contribution in [2.75, 3.05) is 17.2 Å². The van der Waals surface area contributed by atoms with Gasteiger partial charge in [0.05, 0.1) is 22.4 Å². The van der Waals surface area contributed by atoms with E-state index in [0.717, 1.165) is 40.9 Å². The van der Waals surface area contributed by atoms with E-state index in [9.17, 15) is 9.59 Å². The quantitative estimate of drug-likeness (QED) is 0.351. The number of nitrogens with one attached hydrogen (secondary N) is 1. The van der Waals surface area contributed by atoms with Crippen LogP contribution in [0.1, 0.15) is 29.2 Å². The van der Waals surface area contributed by atoms with Gasteiger partial charge in [-0.15, -0.1) is 11.8 Å². The highest BCUT2D eigenvalue weighted by Crippen LogP contribution is 2.49. The number of carbonyl (C=O) groups excluding carboxylic acids is 2. The first kappa shape index (κ1) is 23.8. The molecule has 37 heavy (non-hydrogen) atoms. The summed E-state index contributed by atoms with van der Waals surface area (Å²) in [5.74, 6) is 0.522. The number of carbonyl (C=O) groups is 2. The van der Waals surface area contributed by atoms with E-state index in [0.29, 0.717) is 10.8 Å². The number of fused-ring (bicyclic) bond motifs is 1. The molecule has 1 saturated carbocycles. The number of benzene rings is 3. The fraction of sp³-hybridized carbons (Fsp3) is 0.207. The van der Waals surface area contributed by atoms with Crippen LogP contribution < -0.4 is 10.2 Å². The van der Waals surface area contributed by atoms with Crippen molar-refractivity contribution in [2.24, 2.45) is 0 Å². The van der Waals surface area contributed by atoms with Gasteiger partial charge in [-0.1, -0.05) is 78.3 Å². The Bertz CT molecular complexity index is 1450. The highest BCUT2D eigenvalue weighted by atomic mass is 35.5. The Balaban J connectivity index is 1.61. The Morgan fingerprint density at radius 1 is 0.973 bits per heavy atom. The number of hydrogen-bond acceptors (Lipinski definition) is 4. The molecule has 2 aliphatic rings. The maximum atomic E-state index is 13.7. The maximum absolute atomic E-state index is 13.7. The van der Waals surface area contributed by atoms with Crippen LogP contribution in [0.2, 0.25) is 5.02 Å². The van der Waals surface area contributed by atoms with Crippen LogP contribution in [0.25, 0.3) is 16.9 Å². The second kappa shape index (κ2) is 10.1. The van der Waals surface area contributed by atoms with Crippen LogP contribution in [0.5, 0.6) is 0 Å². The minimum atomic E-state index is -0.253. The minimum Gasteiger partial charge on any atom is -0.352 e. The van der Waals surface area contributed by atoms with Crippen LogP contribution in [0, 0.1) is 0 Å². The number of amides is 2. The number of hydrogen-bond donors (Lipinski definition) is 1. The lowest BCUT2D eigenvalue weighted by Crippen LogP contribution is -2.43. The first-order chi connectivity index (χ1) is 18.1. The van der Waals surface area contributed by atoms with E-state index in [1.54, 1.807) is 9.58 Å². The van der Waals surface area contributed by atoms with Gasteiger partial charge < -0.3 is 5.32 Å². The van der Waals surface area contributed by atoms with E-state index in [1.807, 2.05) is 84.9 Å². The summed E-state index contributed by atoms with van der Waals surface area (Å²) < 4.78 is 1.80. The molecule has 0 unspecified atom stereocenters. The zero-order valence-corrected chi connectivity index (χ0v) is 21.6. The normalized spacial score (nSPS) is 17.3. The summed E-state index contributed by atoms with van der Waals surface area (Å²) in [6.07, 6.45) is 1.96. The lowest BCUT2D eigenvalue weighted by atomic mass is 9.99. The first-order valence-corrected chi connectivity index (χ1v) is 13.7. The van der Waals surface area contributed by atoms with Crippen LogP contribution >= 0.6 is 23.4 Å². The molecule has 6 rings (SSSR count). The molecule has 2 heterocycles. The van der Waals surface area contributed by atoms with Crippen LogP contribution in [-0.4, -0.2) is 39.9 Å². The van der Waals surface area contributed by atoms with E-state index in [4.69, 9.17) is 16.7 Å². The lowest BCUT2D eigenvalue weighted by molar-refractivity contribution is -0.123. The van der Waals surface area contributed by atoms with Gasteiger partial charge in [0.25, 0.3) is 0 Å². The fourth-order valence-corrected chi connectivity index (χ4v) is 6.20. The Labute approximate surface area is 224 Å². The lowest BCUT2D eigenvalue weighted by Gasteiger charge is -2.23. The highest BCUT2D eigenvalue weighted by molar-refractivity contribution is 8.00. The molecule has 2 amide bonds. The van der Waals surface area contributed by atoms with Crippen LogP contribution in [0.15, 0.2) is 84.9 Å². The fourth-order valence-electron chi connectivity index (χ4n) is 4.66. The van der Waals surface area contributed by atoms with Gasteiger partial charge >= 0.3 is 0 Å². The molecule has 186 valence electrons. The number of anilines is 1. The molecule has 1 N–H and O–H groups in total. The topological polar surface area (TPSA) is 67.2 Å². The van der Waals surface area contributed by atoms with Crippen molar-refractivity contribution in [2.45, 2.75) is 24.1 Å². The summed E-state index contributed by atoms with van der Waals surface area (Å²) in [4.78, 5) is 28.3. The van der Waals surface area contributed by atoms with Crippen molar-refractivity contribution in [3.63, 3.8) is 0 Å². The average molecular weight is 529 g/mol. The molecule has 1 atom stereocenters. The largest absolute Gasteiger partial charge is 0.352 e. The zero-order valence-electron chi connectivity index (χ0n) is 20.0. The summed E-state index contributed by atoms with van der Waals surface area (Å²) in [7, 11) is 0. The van der Waals surface area contributed by atoms with Gasteiger partial charge in [-0.3, -0.25) is 14.5 Å². The predicted molar refractivity (Wildman–Crippen MR) is 148 cm³/mol. The van der Waals surface area contributed by atoms with Crippen LogP contribution in [0.4, 0.5) is 5.82 Å². The summed E-state index contributed by atoms with van der Waals surface area (Å²) >= 11 is 8.23. The van der Waals surface area contributed by atoms with Gasteiger partial charge in [0.15, 0.2) is 0 Å². The van der Waals surface area contributed by atoms with Crippen LogP contribution in [0.3, 0.4) is 0 Å². The molecule has 0 spiro atoms. The van der Waals surface area contributed by atoms with Gasteiger partial charge in [0.1, 0.15) is 12.4 Å². The van der Waals surface area contributed by atoms with Gasteiger partial charge in [-0.05, 0) is 36.6 Å². The Kier molecular flexibility index (Phi) is 6.49. The molecule has 1 aliphatic heterocycles. The number of nitrogens with zero attached hydrogens (tertiary/aromatic N) is 3. The third-order valence-electron chi connectivity index (χ3n) is 6.57. The summed E-state index contributed by atoms with van der Waals surface area (Å²) in [6, 6.07) is 27.6. The van der Waals surface area contributed by atoms with Crippen molar-refractivity contribution in [1.29, 1.82) is 0 Å². The van der Waals surface area contributed by atoms with Crippen LogP contribution in [-0.2, 0) is 9.59 Å². The number of para-hydroxylation sites is 1. The van der Waals surface area contributed by atoms with Gasteiger partial charge in [0.2, 0.25) is 11.8 Å². The molecule has 0 radical (unpaired) electrons. The van der Waals surface area contributed by atoms with Crippen molar-refractivity contribution in [1.82, 2.24) is 15.1 Å². The van der Waals surface area contributed by atoms with Gasteiger partial charge in [-0.25, -0.2) is 4.68 Å². The first-order valence-electron chi connectivity index (χ1n) is 12.3. The monoisotopic (exact) mass is 528 g/mol. The molecule has 1 aromatic heterocycles. The minimum absolute atomic E-state index is 0.0646. The second-order valence-corrected chi connectivity index (χ2v) is 10.7. The third-order valence-corrected chi connectivity index (χ3v) is 8.15. The summed E-state index contributed by atoms with van der Waals surface area (Å²) in [5, 5.41) is 8.49. The molecule has 0 saturated heterocycles. The number of halogens is 1. The Morgan fingerprint density at radius 3 is 2.35 bits per heavy atom. The SMILES string of the molecule is O=C(CN1C(=O)CS[C@H](c2ccccc2Cl)c2c(-c3ccccc3)nn(-c3ccccc3)c21)NC1CC1. The average Bonchev–Trinajstić information content (AvgIpc) is 3.67. The Hall–Kier alpha value is -3.55. The molecule has 4 aromatic rings. The summed E-state index contributed by atoms with van der Waals surface area (Å²) in [6.45, 7) is -0.0646. The molecule has 1 fully saturated rings. The standard InChI is InChI=1S/C29H25ClN4O2S/c30-23-14-8-7-13-22(23)28-26-27(19-9-3-1-4-10-19)32-34(21-11-5-2-6-12-21)29(26)33(25(36)18-37-28)17-24(35)31-20-15-16-20/h1-14,20,28H,15-18H2,(H,31,35)/t28-/m1/s1. The van der Waals surface area contributed by atoms with Crippen molar-refractivity contribution < 1.29 is 9.59 Å². The molecule has 1 aliphatic carbocycles. The zero-order chi connectivity index (χ0) is 25.4. The molecule has 6 nitrogen and oxygen atoms in total. The van der Waals surface area contributed by atoms with E-state index >= 15 is 0 Å². The van der Waals surface area contributed by atoms with E-state index in [2.05, 4.69) is 5.32 Å². The maximum Gasteiger partial charge on any atom is 0.240 e. The molecule has 3 aromatic carbocycles. The predicted octanol–water partition coefficient (Wildman–Crippen LogP) is 5.64. The second-order valence-electron chi connectivity index (χ2n) is 9.23. The third kappa shape index (κ3) is 4.77. The molecule has 8 heteroatoms. The van der Waals surface area contributed by atoms with E-state index in [-0.39, 0.29) is 35.4 Å². The molecular formula is C29H25ClN4O2S. The number of thioether (sulfide) groups is 1. The highest BCUT2D eigenvalue weighted by Gasteiger charge is 2.38. The van der Waals surface area contributed by atoms with E-state index < -0.39 is 0 Å². The van der Waals surface area contributed by atoms with E-state index in [1.165, 1.54) is 11.8 Å². The Morgan fingerprint density at radius 2 is 1.65 bits per heavy atom. The van der Waals surface area contributed by atoms with Crippen molar-refractivity contribution in [3.05, 3.63) is 101 Å². The van der Waals surface area contributed by atoms with Crippen molar-refractivity contribution >= 4 is 41.0 Å². The van der Waals surface area contributed by atoms with Crippen molar-refractivity contribution in [3.8, 4) is 16.9 Å².